The molecule has 3 atom stereocenters. The molecule has 6 nitrogen and oxygen atoms in total. The number of para-hydroxylation sites is 2. The lowest BCUT2D eigenvalue weighted by Gasteiger charge is -2.38. The zero-order chi connectivity index (χ0) is 20.2. The van der Waals surface area contributed by atoms with Gasteiger partial charge in [0, 0.05) is 19.1 Å². The molecule has 1 aliphatic carbocycles. The van der Waals surface area contributed by atoms with Crippen molar-refractivity contribution in [1.29, 1.82) is 0 Å². The molecule has 1 saturated heterocycles. The number of piperidine rings is 1. The van der Waals surface area contributed by atoms with Gasteiger partial charge in [0.25, 0.3) is 5.91 Å². The van der Waals surface area contributed by atoms with E-state index in [0.29, 0.717) is 18.2 Å². The van der Waals surface area contributed by atoms with Gasteiger partial charge in [-0.05, 0) is 50.2 Å². The van der Waals surface area contributed by atoms with E-state index in [1.807, 2.05) is 34.1 Å². The summed E-state index contributed by atoms with van der Waals surface area (Å²) in [5.41, 5.74) is 0.891. The molecule has 6 heteroatoms. The minimum atomic E-state index is -0.551. The van der Waals surface area contributed by atoms with Crippen molar-refractivity contribution in [2.75, 3.05) is 31.1 Å². The van der Waals surface area contributed by atoms with E-state index in [-0.39, 0.29) is 24.4 Å². The lowest BCUT2D eigenvalue weighted by atomic mass is 9.86. The van der Waals surface area contributed by atoms with Crippen molar-refractivity contribution in [3.8, 4) is 5.75 Å². The summed E-state index contributed by atoms with van der Waals surface area (Å²) in [6.45, 7) is 4.51. The Labute approximate surface area is 173 Å². The quantitative estimate of drug-likeness (QED) is 0.846. The van der Waals surface area contributed by atoms with Gasteiger partial charge < -0.3 is 19.9 Å². The van der Waals surface area contributed by atoms with Gasteiger partial charge in [0.15, 0.2) is 6.10 Å². The average molecular weight is 400 g/mol. The predicted octanol–water partition coefficient (Wildman–Crippen LogP) is 2.96. The summed E-state index contributed by atoms with van der Waals surface area (Å²) in [4.78, 5) is 29.8. The average Bonchev–Trinajstić information content (AvgIpc) is 2.75. The Morgan fingerprint density at radius 2 is 1.83 bits per heavy atom. The van der Waals surface area contributed by atoms with E-state index in [4.69, 9.17) is 4.74 Å². The smallest absolute Gasteiger partial charge is 0.265 e. The Bertz CT molecular complexity index is 732. The fourth-order valence-electron chi connectivity index (χ4n) is 4.86. The van der Waals surface area contributed by atoms with Crippen LogP contribution in [0.15, 0.2) is 24.3 Å². The van der Waals surface area contributed by atoms with Crippen LogP contribution >= 0.6 is 0 Å². The minimum absolute atomic E-state index is 0.0321. The van der Waals surface area contributed by atoms with Crippen molar-refractivity contribution in [2.45, 2.75) is 64.0 Å². The van der Waals surface area contributed by atoms with E-state index >= 15 is 0 Å². The lowest BCUT2D eigenvalue weighted by Crippen LogP contribution is -2.54. The first-order chi connectivity index (χ1) is 14.1. The van der Waals surface area contributed by atoms with E-state index in [0.717, 1.165) is 38.0 Å². The molecule has 1 aromatic rings. The summed E-state index contributed by atoms with van der Waals surface area (Å²) in [6, 6.07) is 7.97. The molecule has 29 heavy (non-hydrogen) atoms. The molecule has 0 aromatic heterocycles. The van der Waals surface area contributed by atoms with Crippen LogP contribution in [0.1, 0.15) is 51.9 Å². The van der Waals surface area contributed by atoms with Gasteiger partial charge in [-0.25, -0.2) is 0 Å². The number of nitrogens with one attached hydrogen (secondary N) is 1. The van der Waals surface area contributed by atoms with E-state index in [1.54, 1.807) is 0 Å². The van der Waals surface area contributed by atoms with Gasteiger partial charge in [-0.2, -0.15) is 0 Å². The summed E-state index contributed by atoms with van der Waals surface area (Å²) in [5.74, 6) is 1.29. The second-order valence-corrected chi connectivity index (χ2v) is 8.78. The maximum absolute atomic E-state index is 13.0. The number of nitrogens with zero attached hydrogens (tertiary/aromatic N) is 2. The first-order valence-electron chi connectivity index (χ1n) is 11.2. The fourth-order valence-corrected chi connectivity index (χ4v) is 4.86. The standard InChI is InChI=1S/C23H33N3O3/c1-17-9-3-4-10-18(17)24-22(27)16-26-15-21(23(28)25-13-7-2-8-14-25)29-20-12-6-5-11-19(20)26/h5-6,11-12,17-18,21H,2-4,7-10,13-16H2,1H3,(H,24,27)/t17-,18+,21+/m0/s1. The number of carbonyl (C=O) groups excluding carboxylic acids is 2. The maximum atomic E-state index is 13.0. The van der Waals surface area contributed by atoms with Crippen LogP contribution < -0.4 is 15.0 Å². The van der Waals surface area contributed by atoms with Gasteiger partial charge in [-0.3, -0.25) is 9.59 Å². The number of hydrogen-bond donors (Lipinski definition) is 1. The highest BCUT2D eigenvalue weighted by Crippen LogP contribution is 2.33. The molecule has 0 unspecified atom stereocenters. The van der Waals surface area contributed by atoms with Crippen molar-refractivity contribution >= 4 is 17.5 Å². The Morgan fingerprint density at radius 3 is 2.62 bits per heavy atom. The second kappa shape index (κ2) is 9.06. The van der Waals surface area contributed by atoms with Crippen molar-refractivity contribution in [3.63, 3.8) is 0 Å². The summed E-state index contributed by atoms with van der Waals surface area (Å²) in [5, 5.41) is 3.24. The Kier molecular flexibility index (Phi) is 6.26. The van der Waals surface area contributed by atoms with E-state index < -0.39 is 6.10 Å². The summed E-state index contributed by atoms with van der Waals surface area (Å²) < 4.78 is 6.06. The van der Waals surface area contributed by atoms with Crippen molar-refractivity contribution in [3.05, 3.63) is 24.3 Å². The summed E-state index contributed by atoms with van der Waals surface area (Å²) in [7, 11) is 0. The Morgan fingerprint density at radius 1 is 1.07 bits per heavy atom. The largest absolute Gasteiger partial charge is 0.477 e. The van der Waals surface area contributed by atoms with Crippen LogP contribution in [0.2, 0.25) is 0 Å². The van der Waals surface area contributed by atoms with Crippen LogP contribution in [-0.2, 0) is 9.59 Å². The highest BCUT2D eigenvalue weighted by atomic mass is 16.5. The lowest BCUT2D eigenvalue weighted by molar-refractivity contribution is -0.139. The molecule has 4 rings (SSSR count). The zero-order valence-corrected chi connectivity index (χ0v) is 17.4. The Balaban J connectivity index is 1.44. The van der Waals surface area contributed by atoms with Crippen LogP contribution in [0.25, 0.3) is 0 Å². The minimum Gasteiger partial charge on any atom is -0.477 e. The van der Waals surface area contributed by atoms with E-state index in [9.17, 15) is 9.59 Å². The SMILES string of the molecule is C[C@H]1CCCC[C@H]1NC(=O)CN1C[C@H](C(=O)N2CCCCC2)Oc2ccccc21. The molecular weight excluding hydrogens is 366 g/mol. The van der Waals surface area contributed by atoms with Crippen LogP contribution in [0.5, 0.6) is 5.75 Å². The van der Waals surface area contributed by atoms with Crippen molar-refractivity contribution in [2.24, 2.45) is 5.92 Å². The molecule has 2 fully saturated rings. The third-order valence-electron chi connectivity index (χ3n) is 6.60. The summed E-state index contributed by atoms with van der Waals surface area (Å²) in [6.07, 6.45) is 7.42. The molecule has 3 aliphatic rings. The van der Waals surface area contributed by atoms with E-state index in [2.05, 4.69) is 12.2 Å². The number of anilines is 1. The molecule has 2 heterocycles. The highest BCUT2D eigenvalue weighted by Gasteiger charge is 2.35. The molecule has 2 amide bonds. The number of rotatable bonds is 4. The topological polar surface area (TPSA) is 61.9 Å². The van der Waals surface area contributed by atoms with Crippen LogP contribution in [0.4, 0.5) is 5.69 Å². The number of fused-ring (bicyclic) bond motifs is 1. The van der Waals surface area contributed by atoms with Gasteiger partial charge in [-0.15, -0.1) is 0 Å². The first kappa shape index (κ1) is 20.0. The third-order valence-corrected chi connectivity index (χ3v) is 6.60. The number of hydrogen-bond acceptors (Lipinski definition) is 4. The third kappa shape index (κ3) is 4.68. The van der Waals surface area contributed by atoms with Crippen molar-refractivity contribution in [1.82, 2.24) is 10.2 Å². The normalized spacial score (nSPS) is 27.0. The van der Waals surface area contributed by atoms with E-state index in [1.165, 1.54) is 25.7 Å². The van der Waals surface area contributed by atoms with Gasteiger partial charge in [0.2, 0.25) is 5.91 Å². The van der Waals surface area contributed by atoms with Crippen LogP contribution in [0.3, 0.4) is 0 Å². The molecular formula is C23H33N3O3. The number of carbonyl (C=O) groups is 2. The Hall–Kier alpha value is -2.24. The van der Waals surface area contributed by atoms with Gasteiger partial charge in [-0.1, -0.05) is 31.9 Å². The maximum Gasteiger partial charge on any atom is 0.265 e. The molecule has 0 radical (unpaired) electrons. The number of likely N-dealkylation sites (tertiary alicyclic amines) is 1. The zero-order valence-electron chi connectivity index (χ0n) is 17.4. The first-order valence-corrected chi connectivity index (χ1v) is 11.2. The van der Waals surface area contributed by atoms with Crippen LogP contribution in [0, 0.1) is 5.92 Å². The van der Waals surface area contributed by atoms with Gasteiger partial charge in [0.05, 0.1) is 18.8 Å². The molecule has 1 N–H and O–H groups in total. The molecule has 1 saturated carbocycles. The molecule has 0 spiro atoms. The molecule has 1 aromatic carbocycles. The van der Waals surface area contributed by atoms with Crippen LogP contribution in [-0.4, -0.2) is 55.0 Å². The molecule has 2 aliphatic heterocycles. The number of amides is 2. The fraction of sp³-hybridized carbons (Fsp3) is 0.652. The van der Waals surface area contributed by atoms with Gasteiger partial charge >= 0.3 is 0 Å². The predicted molar refractivity (Wildman–Crippen MR) is 113 cm³/mol. The molecule has 0 bridgehead atoms. The number of ether oxygens (including phenoxy) is 1. The van der Waals surface area contributed by atoms with Crippen molar-refractivity contribution < 1.29 is 14.3 Å². The highest BCUT2D eigenvalue weighted by molar-refractivity contribution is 5.86. The molecule has 158 valence electrons. The van der Waals surface area contributed by atoms with Gasteiger partial charge in [0.1, 0.15) is 5.75 Å². The second-order valence-electron chi connectivity index (χ2n) is 8.78. The monoisotopic (exact) mass is 399 g/mol. The number of benzene rings is 1. The summed E-state index contributed by atoms with van der Waals surface area (Å²) >= 11 is 0.